The van der Waals surface area contributed by atoms with Crippen molar-refractivity contribution in [1.29, 1.82) is 0 Å². The molecule has 13 rings (SSSR count). The van der Waals surface area contributed by atoms with Crippen LogP contribution < -0.4 is 30.5 Å². The van der Waals surface area contributed by atoms with Gasteiger partial charge in [0.1, 0.15) is 5.75 Å². The Morgan fingerprint density at radius 2 is 0.800 bits per heavy atom. The van der Waals surface area contributed by atoms with Gasteiger partial charge in [0.2, 0.25) is 0 Å². The number of fused-ring (bicyclic) bond motifs is 12. The van der Waals surface area contributed by atoms with E-state index in [2.05, 4.69) is 248 Å². The van der Waals surface area contributed by atoms with E-state index >= 15 is 0 Å². The van der Waals surface area contributed by atoms with Crippen LogP contribution in [-0.2, 0) is 0 Å². The average molecular weight is 844 g/mol. The van der Waals surface area contributed by atoms with Gasteiger partial charge in [-0.25, -0.2) is 0 Å². The molecule has 0 spiro atoms. The lowest BCUT2D eigenvalue weighted by molar-refractivity contribution is 0.575. The first kappa shape index (κ1) is 37.6. The molecule has 0 saturated heterocycles. The summed E-state index contributed by atoms with van der Waals surface area (Å²) in [4.78, 5) is 2.55. The van der Waals surface area contributed by atoms with Crippen LogP contribution in [0.4, 0.5) is 11.4 Å². The van der Waals surface area contributed by atoms with Crippen LogP contribution in [0.1, 0.15) is 0 Å². The zero-order chi connectivity index (χ0) is 43.1. The Balaban J connectivity index is 1.18. The van der Waals surface area contributed by atoms with Crippen molar-refractivity contribution >= 4 is 112 Å². The summed E-state index contributed by atoms with van der Waals surface area (Å²) in [6.45, 7) is 2.27. The van der Waals surface area contributed by atoms with Gasteiger partial charge in [0.05, 0.1) is 0 Å². The monoisotopic (exact) mass is 843 g/mol. The summed E-state index contributed by atoms with van der Waals surface area (Å²) in [5.74, 6) is 0.918. The van der Waals surface area contributed by atoms with Crippen LogP contribution in [0.5, 0.6) is 5.75 Å². The number of rotatable bonds is 3. The zero-order valence-electron chi connectivity index (χ0n) is 35.9. The van der Waals surface area contributed by atoms with Crippen molar-refractivity contribution in [2.45, 2.75) is 6.55 Å². The van der Waals surface area contributed by atoms with Crippen LogP contribution in [-0.4, -0.2) is 15.2 Å². The number of hydrogen-bond acceptors (Lipinski definition) is 2. The lowest BCUT2D eigenvalue weighted by Crippen LogP contribution is -2.67. The Morgan fingerprint density at radius 1 is 0.369 bits per heavy atom. The van der Waals surface area contributed by atoms with Crippen molar-refractivity contribution in [3.63, 3.8) is 0 Å². The quantitative estimate of drug-likeness (QED) is 0.164. The average Bonchev–Trinajstić information content (AvgIpc) is 3.37. The van der Waals surface area contributed by atoms with Crippen LogP contribution in [0.25, 0.3) is 75.8 Å². The van der Waals surface area contributed by atoms with Gasteiger partial charge in [-0.2, -0.15) is 0 Å². The molecular formula is C61H42BNOSi. The number of hydrogen-bond donors (Lipinski definition) is 0. The van der Waals surface area contributed by atoms with Crippen molar-refractivity contribution in [3.8, 4) is 16.9 Å². The second kappa shape index (κ2) is 14.8. The summed E-state index contributed by atoms with van der Waals surface area (Å²) in [7, 11) is -3.12. The fourth-order valence-corrected chi connectivity index (χ4v) is 14.3. The van der Waals surface area contributed by atoms with Crippen LogP contribution in [0.3, 0.4) is 0 Å². The molecule has 0 radical (unpaired) electrons. The Labute approximate surface area is 379 Å². The minimum atomic E-state index is -3.12. The third-order valence-corrected chi connectivity index (χ3v) is 17.6. The summed E-state index contributed by atoms with van der Waals surface area (Å²) >= 11 is 0. The molecule has 1 atom stereocenters. The van der Waals surface area contributed by atoms with E-state index < -0.39 is 8.32 Å². The van der Waals surface area contributed by atoms with Gasteiger partial charge in [-0.1, -0.05) is 218 Å². The lowest BCUT2D eigenvalue weighted by Gasteiger charge is -2.41. The topological polar surface area (TPSA) is 12.5 Å². The van der Waals surface area contributed by atoms with E-state index in [9.17, 15) is 0 Å². The van der Waals surface area contributed by atoms with Crippen molar-refractivity contribution in [2.24, 2.45) is 0 Å². The Morgan fingerprint density at radius 3 is 1.38 bits per heavy atom. The summed E-state index contributed by atoms with van der Waals surface area (Å²) in [5.41, 5.74) is 7.19. The molecule has 304 valence electrons. The molecular weight excluding hydrogens is 802 g/mol. The van der Waals surface area contributed by atoms with Gasteiger partial charge in [0.15, 0.2) is 0 Å². The molecule has 0 N–H and O–H groups in total. The van der Waals surface area contributed by atoms with Crippen LogP contribution in [0.15, 0.2) is 237 Å². The maximum atomic E-state index is 7.82. The largest absolute Gasteiger partial charge is 0.535 e. The molecule has 1 aliphatic heterocycles. The molecule has 3 aliphatic rings. The third-order valence-electron chi connectivity index (χ3n) is 14.1. The predicted molar refractivity (Wildman–Crippen MR) is 281 cm³/mol. The highest BCUT2D eigenvalue weighted by Crippen LogP contribution is 2.47. The van der Waals surface area contributed by atoms with E-state index in [1.807, 2.05) is 0 Å². The van der Waals surface area contributed by atoms with Gasteiger partial charge in [0, 0.05) is 16.6 Å². The highest BCUT2D eigenvalue weighted by atomic mass is 28.4. The van der Waals surface area contributed by atoms with Gasteiger partial charge in [-0.3, -0.25) is 0 Å². The van der Waals surface area contributed by atoms with Gasteiger partial charge in [0.25, 0.3) is 0 Å². The molecule has 10 aromatic rings. The number of nitrogens with zero attached hydrogens (tertiary/aromatic N) is 1. The molecule has 1 heterocycles. The summed E-state index contributed by atoms with van der Waals surface area (Å²) in [6.07, 6.45) is 0. The molecule has 1 unspecified atom stereocenters. The fraction of sp³-hybridized carbons (Fsp3) is 0.0164. The highest BCUT2D eigenvalue weighted by Gasteiger charge is 2.45. The van der Waals surface area contributed by atoms with Gasteiger partial charge < -0.3 is 9.24 Å². The zero-order valence-corrected chi connectivity index (χ0v) is 36.9. The van der Waals surface area contributed by atoms with E-state index in [1.54, 1.807) is 0 Å². The molecule has 4 heteroatoms. The van der Waals surface area contributed by atoms with Gasteiger partial charge in [-0.05, 0) is 117 Å². The van der Waals surface area contributed by atoms with E-state index in [1.165, 1.54) is 91.6 Å². The molecule has 0 bridgehead atoms. The van der Waals surface area contributed by atoms with E-state index in [4.69, 9.17) is 4.43 Å². The molecule has 0 amide bonds. The van der Waals surface area contributed by atoms with Crippen molar-refractivity contribution in [2.75, 3.05) is 4.81 Å². The smallest absolute Gasteiger partial charge is 0.331 e. The Bertz CT molecular complexity index is 3850. The molecule has 0 saturated carbocycles. The third kappa shape index (κ3) is 5.74. The predicted octanol–water partition coefficient (Wildman–Crippen LogP) is 13.3. The number of para-hydroxylation sites is 3. The SMILES string of the molecule is C[Si]1(c2ccc3c(c2)c2cccc4c2-c2c(cccc2c2ccccc23)c2ccccc2c2ccccc42)Oc2ccccc2B(c2ccccc2)N(c2ccccc2)c2ccccc21. The molecule has 0 fully saturated rings. The van der Waals surface area contributed by atoms with Crippen LogP contribution >= 0.6 is 0 Å². The Kier molecular flexibility index (Phi) is 8.59. The van der Waals surface area contributed by atoms with Gasteiger partial charge >= 0.3 is 15.2 Å². The first-order valence-corrected chi connectivity index (χ1v) is 25.0. The molecule has 2 aliphatic carbocycles. The van der Waals surface area contributed by atoms with E-state index in [0.29, 0.717) is 0 Å². The highest BCUT2D eigenvalue weighted by molar-refractivity contribution is 7.00. The van der Waals surface area contributed by atoms with Crippen molar-refractivity contribution in [3.05, 3.63) is 237 Å². The van der Waals surface area contributed by atoms with Crippen LogP contribution in [0, 0.1) is 0 Å². The normalized spacial score (nSPS) is 15.0. The second-order valence-electron chi connectivity index (χ2n) is 17.6. The maximum absolute atomic E-state index is 7.82. The first-order chi connectivity index (χ1) is 32.2. The van der Waals surface area contributed by atoms with Crippen LogP contribution in [0.2, 0.25) is 6.55 Å². The minimum absolute atomic E-state index is 0.132. The molecule has 2 nitrogen and oxygen atoms in total. The minimum Gasteiger partial charge on any atom is -0.535 e. The maximum Gasteiger partial charge on any atom is 0.331 e. The molecule has 65 heavy (non-hydrogen) atoms. The van der Waals surface area contributed by atoms with E-state index in [-0.39, 0.29) is 6.85 Å². The second-order valence-corrected chi connectivity index (χ2v) is 20.9. The first-order valence-electron chi connectivity index (χ1n) is 22.6. The van der Waals surface area contributed by atoms with Crippen molar-refractivity contribution in [1.82, 2.24) is 0 Å². The summed E-state index contributed by atoms with van der Waals surface area (Å²) in [5, 5.41) is 17.3. The van der Waals surface area contributed by atoms with Crippen molar-refractivity contribution < 1.29 is 4.43 Å². The number of anilines is 2. The number of benzene rings is 10. The molecule has 10 aromatic carbocycles. The van der Waals surface area contributed by atoms with Gasteiger partial charge in [-0.15, -0.1) is 0 Å². The Hall–Kier alpha value is -7.92. The fourth-order valence-electron chi connectivity index (χ4n) is 11.2. The summed E-state index contributed by atoms with van der Waals surface area (Å²) < 4.78 is 7.82. The van der Waals surface area contributed by atoms with E-state index in [0.717, 1.165) is 22.6 Å². The standard InChI is InChI=1S/C61H42BNOSi/c1-65(59-37-17-15-35-57(59)63(42-22-6-3-7-23-42)62(41-20-4-2-5-21-41)56-34-14-16-36-58(56)64-65)43-38-39-50-46-26-10-13-29-49(46)52-31-18-30-51-47-27-11-8-24-44(47)45-25-9-12-28-48(45)53-32-19-33-54(55(50)40-43)61(53)60(51)52/h2-40H,1H3. The molecule has 0 aromatic heterocycles. The summed E-state index contributed by atoms with van der Waals surface area (Å²) in [6, 6.07) is 87.6. The lowest BCUT2D eigenvalue weighted by atomic mass is 9.48.